The van der Waals surface area contributed by atoms with Crippen LogP contribution in [0.15, 0.2) is 18.2 Å². The van der Waals surface area contributed by atoms with Gasteiger partial charge in [-0.1, -0.05) is 12.1 Å². The molecule has 4 aliphatic carbocycles. The van der Waals surface area contributed by atoms with Crippen LogP contribution in [0, 0.1) is 30.1 Å². The van der Waals surface area contributed by atoms with Crippen molar-refractivity contribution in [1.29, 1.82) is 0 Å². The molecule has 0 aromatic heterocycles. The molecule has 4 fully saturated rings. The third-order valence-corrected chi connectivity index (χ3v) is 6.67. The number of primary amides is 1. The molecule has 0 spiro atoms. The van der Waals surface area contributed by atoms with Gasteiger partial charge < -0.3 is 10.8 Å². The van der Waals surface area contributed by atoms with Crippen LogP contribution < -0.4 is 5.73 Å². The second-order valence-electron chi connectivity index (χ2n) is 8.08. The SMILES string of the molecule is Cc1c(O)cccc1C1C2CC3CC(C2)CC1(CC(N)=O)C3. The molecule has 1 amide bonds. The lowest BCUT2D eigenvalue weighted by molar-refractivity contribution is -0.129. The molecule has 4 aliphatic rings. The normalized spacial score (nSPS) is 39.1. The monoisotopic (exact) mass is 299 g/mol. The number of phenolic OH excluding ortho intramolecular Hbond substituents is 1. The Morgan fingerprint density at radius 3 is 2.59 bits per heavy atom. The maximum atomic E-state index is 11.8. The molecule has 3 atom stereocenters. The van der Waals surface area contributed by atoms with Crippen LogP contribution in [0.1, 0.15) is 55.6 Å². The number of nitrogens with two attached hydrogens (primary N) is 1. The number of hydrogen-bond acceptors (Lipinski definition) is 2. The topological polar surface area (TPSA) is 63.3 Å². The first-order valence-corrected chi connectivity index (χ1v) is 8.55. The Hall–Kier alpha value is -1.51. The van der Waals surface area contributed by atoms with Crippen LogP contribution >= 0.6 is 0 Å². The van der Waals surface area contributed by atoms with Gasteiger partial charge in [0.2, 0.25) is 5.91 Å². The van der Waals surface area contributed by atoms with Gasteiger partial charge in [-0.15, -0.1) is 0 Å². The molecule has 1 aromatic carbocycles. The maximum Gasteiger partial charge on any atom is 0.217 e. The second kappa shape index (κ2) is 4.74. The van der Waals surface area contributed by atoms with E-state index in [9.17, 15) is 9.90 Å². The number of benzene rings is 1. The number of amides is 1. The van der Waals surface area contributed by atoms with E-state index in [0.29, 0.717) is 24.0 Å². The molecule has 5 rings (SSSR count). The van der Waals surface area contributed by atoms with Crippen molar-refractivity contribution in [2.75, 3.05) is 0 Å². The number of carbonyl (C=O) groups excluding carboxylic acids is 1. The van der Waals surface area contributed by atoms with E-state index in [-0.39, 0.29) is 11.3 Å². The van der Waals surface area contributed by atoms with E-state index in [0.717, 1.165) is 30.2 Å². The molecule has 3 N–H and O–H groups in total. The highest BCUT2D eigenvalue weighted by atomic mass is 16.3. The molecule has 0 radical (unpaired) electrons. The summed E-state index contributed by atoms with van der Waals surface area (Å²) >= 11 is 0. The third kappa shape index (κ3) is 1.98. The first kappa shape index (κ1) is 14.1. The number of carbonyl (C=O) groups is 1. The zero-order valence-corrected chi connectivity index (χ0v) is 13.2. The van der Waals surface area contributed by atoms with Crippen molar-refractivity contribution in [2.45, 2.75) is 51.4 Å². The Balaban J connectivity index is 1.82. The fourth-order valence-electron chi connectivity index (χ4n) is 6.37. The lowest BCUT2D eigenvalue weighted by atomic mass is 9.43. The average molecular weight is 299 g/mol. The van der Waals surface area contributed by atoms with Gasteiger partial charge in [-0.3, -0.25) is 4.79 Å². The summed E-state index contributed by atoms with van der Waals surface area (Å²) in [5, 5.41) is 10.1. The molecular formula is C19H25NO2. The maximum absolute atomic E-state index is 11.8. The number of rotatable bonds is 3. The standard InChI is InChI=1S/C19H25NO2/c1-11-15(3-2-4-16(11)21)18-14-6-12-5-13(7-14)9-19(18,8-12)10-17(20)22/h2-4,12-14,18,21H,5-10H2,1H3,(H2,20,22). The fourth-order valence-corrected chi connectivity index (χ4v) is 6.37. The van der Waals surface area contributed by atoms with E-state index in [2.05, 4.69) is 6.07 Å². The van der Waals surface area contributed by atoms with Crippen molar-refractivity contribution in [1.82, 2.24) is 0 Å². The van der Waals surface area contributed by atoms with Crippen LogP contribution in [0.5, 0.6) is 5.75 Å². The summed E-state index contributed by atoms with van der Waals surface area (Å²) in [7, 11) is 0. The Labute approximate surface area is 131 Å². The molecular weight excluding hydrogens is 274 g/mol. The number of aromatic hydroxyl groups is 1. The molecule has 3 heteroatoms. The van der Waals surface area contributed by atoms with Gasteiger partial charge in [0.25, 0.3) is 0 Å². The summed E-state index contributed by atoms with van der Waals surface area (Å²) in [4.78, 5) is 11.8. The van der Waals surface area contributed by atoms with Crippen LogP contribution in [-0.2, 0) is 4.79 Å². The van der Waals surface area contributed by atoms with Gasteiger partial charge >= 0.3 is 0 Å². The quantitative estimate of drug-likeness (QED) is 0.897. The molecule has 0 aliphatic heterocycles. The summed E-state index contributed by atoms with van der Waals surface area (Å²) in [6, 6.07) is 5.86. The summed E-state index contributed by atoms with van der Waals surface area (Å²) in [5.41, 5.74) is 7.92. The molecule has 0 heterocycles. The number of phenols is 1. The van der Waals surface area contributed by atoms with Gasteiger partial charge in [0, 0.05) is 6.42 Å². The van der Waals surface area contributed by atoms with Crippen LogP contribution in [0.2, 0.25) is 0 Å². The molecule has 1 aromatic rings. The first-order valence-electron chi connectivity index (χ1n) is 8.55. The van der Waals surface area contributed by atoms with Gasteiger partial charge in [-0.05, 0) is 85.3 Å². The molecule has 118 valence electrons. The van der Waals surface area contributed by atoms with E-state index < -0.39 is 0 Å². The summed E-state index contributed by atoms with van der Waals surface area (Å²) < 4.78 is 0. The second-order valence-corrected chi connectivity index (χ2v) is 8.08. The average Bonchev–Trinajstić information content (AvgIpc) is 2.41. The van der Waals surface area contributed by atoms with Crippen LogP contribution in [0.3, 0.4) is 0 Å². The van der Waals surface area contributed by atoms with Gasteiger partial charge in [0.05, 0.1) is 0 Å². The van der Waals surface area contributed by atoms with Crippen LogP contribution in [0.4, 0.5) is 0 Å². The summed E-state index contributed by atoms with van der Waals surface area (Å²) in [6.07, 6.45) is 6.72. The molecule has 4 saturated carbocycles. The van der Waals surface area contributed by atoms with Gasteiger partial charge in [-0.2, -0.15) is 0 Å². The first-order chi connectivity index (χ1) is 10.5. The van der Waals surface area contributed by atoms with Crippen LogP contribution in [-0.4, -0.2) is 11.0 Å². The third-order valence-electron chi connectivity index (χ3n) is 6.67. The van der Waals surface area contributed by atoms with E-state index >= 15 is 0 Å². The lowest BCUT2D eigenvalue weighted by Crippen LogP contribution is -2.52. The van der Waals surface area contributed by atoms with E-state index in [1.54, 1.807) is 6.07 Å². The fraction of sp³-hybridized carbons (Fsp3) is 0.632. The predicted octanol–water partition coefficient (Wildman–Crippen LogP) is 3.49. The van der Waals surface area contributed by atoms with Crippen molar-refractivity contribution >= 4 is 5.91 Å². The zero-order valence-electron chi connectivity index (χ0n) is 13.2. The Morgan fingerprint density at radius 1 is 1.27 bits per heavy atom. The minimum Gasteiger partial charge on any atom is -0.508 e. The van der Waals surface area contributed by atoms with Crippen LogP contribution in [0.25, 0.3) is 0 Å². The van der Waals surface area contributed by atoms with Gasteiger partial charge in [0.1, 0.15) is 5.75 Å². The minimum absolute atomic E-state index is 0.0408. The van der Waals surface area contributed by atoms with Crippen molar-refractivity contribution in [2.24, 2.45) is 28.9 Å². The van der Waals surface area contributed by atoms with Gasteiger partial charge in [0.15, 0.2) is 0 Å². The Kier molecular flexibility index (Phi) is 3.04. The van der Waals surface area contributed by atoms with E-state index in [1.807, 2.05) is 13.0 Å². The molecule has 3 unspecified atom stereocenters. The van der Waals surface area contributed by atoms with Crippen molar-refractivity contribution < 1.29 is 9.90 Å². The van der Waals surface area contributed by atoms with Crippen molar-refractivity contribution in [3.63, 3.8) is 0 Å². The zero-order chi connectivity index (χ0) is 15.5. The van der Waals surface area contributed by atoms with E-state index in [4.69, 9.17) is 5.73 Å². The molecule has 4 bridgehead atoms. The van der Waals surface area contributed by atoms with E-state index in [1.165, 1.54) is 24.8 Å². The molecule has 0 saturated heterocycles. The molecule has 3 nitrogen and oxygen atoms in total. The largest absolute Gasteiger partial charge is 0.508 e. The van der Waals surface area contributed by atoms with Crippen molar-refractivity contribution in [3.05, 3.63) is 29.3 Å². The number of hydrogen-bond donors (Lipinski definition) is 2. The smallest absolute Gasteiger partial charge is 0.217 e. The van der Waals surface area contributed by atoms with Crippen molar-refractivity contribution in [3.8, 4) is 5.75 Å². The van der Waals surface area contributed by atoms with Gasteiger partial charge in [-0.25, -0.2) is 0 Å². The lowest BCUT2D eigenvalue weighted by Gasteiger charge is -2.61. The minimum atomic E-state index is -0.162. The Bertz CT molecular complexity index is 610. The molecule has 22 heavy (non-hydrogen) atoms. The highest BCUT2D eigenvalue weighted by molar-refractivity contribution is 5.75. The Morgan fingerprint density at radius 2 is 1.95 bits per heavy atom. The highest BCUT2D eigenvalue weighted by Crippen LogP contribution is 2.67. The summed E-state index contributed by atoms with van der Waals surface area (Å²) in [5.74, 6) is 2.83. The predicted molar refractivity (Wildman–Crippen MR) is 85.4 cm³/mol. The summed E-state index contributed by atoms with van der Waals surface area (Å²) in [6.45, 7) is 2.01. The highest BCUT2D eigenvalue weighted by Gasteiger charge is 2.57.